The second kappa shape index (κ2) is 6.65. The second-order valence-electron chi connectivity index (χ2n) is 6.34. The predicted octanol–water partition coefficient (Wildman–Crippen LogP) is 4.11. The lowest BCUT2D eigenvalue weighted by atomic mass is 10.1. The van der Waals surface area contributed by atoms with Crippen LogP contribution in [0.4, 0.5) is 14.3 Å². The van der Waals surface area contributed by atoms with Crippen molar-refractivity contribution < 1.29 is 13.9 Å². The molecule has 0 aliphatic carbocycles. The number of fused-ring (bicyclic) bond motifs is 1. The lowest BCUT2D eigenvalue weighted by Crippen LogP contribution is -2.27. The number of nitrogens with zero attached hydrogens (tertiary/aromatic N) is 4. The molecule has 0 bridgehead atoms. The van der Waals surface area contributed by atoms with Crippen molar-refractivity contribution in [1.82, 2.24) is 15.0 Å². The summed E-state index contributed by atoms with van der Waals surface area (Å²) in [5.41, 5.74) is 0.471. The zero-order valence-electron chi connectivity index (χ0n) is 14.2. The number of anilines is 1. The monoisotopic (exact) mass is 371 g/mol. The average molecular weight is 371 g/mol. The van der Waals surface area contributed by atoms with E-state index in [1.54, 1.807) is 20.8 Å². The molecule has 1 aromatic carbocycles. The fraction of sp³-hybridized carbons (Fsp3) is 0.235. The van der Waals surface area contributed by atoms with E-state index in [-0.39, 0.29) is 16.3 Å². The van der Waals surface area contributed by atoms with Gasteiger partial charge in [-0.15, -0.1) is 0 Å². The fourth-order valence-electron chi connectivity index (χ4n) is 2.09. The maximum Gasteiger partial charge on any atom is 0.413 e. The van der Waals surface area contributed by atoms with Gasteiger partial charge >= 0.3 is 6.09 Å². The third-order valence-electron chi connectivity index (χ3n) is 3.11. The molecular formula is C17H14FN5O2S. The fourth-order valence-corrected chi connectivity index (χ4v) is 2.87. The Morgan fingerprint density at radius 3 is 2.77 bits per heavy atom. The first-order valence-corrected chi connectivity index (χ1v) is 8.40. The molecule has 9 heteroatoms. The number of nitrogens with one attached hydrogen (secondary N) is 1. The number of hydrogen-bond acceptors (Lipinski definition) is 7. The predicted molar refractivity (Wildman–Crippen MR) is 95.2 cm³/mol. The van der Waals surface area contributed by atoms with Crippen LogP contribution in [0, 0.1) is 17.1 Å². The Balaban J connectivity index is 1.88. The van der Waals surface area contributed by atoms with Crippen molar-refractivity contribution in [2.75, 3.05) is 5.32 Å². The SMILES string of the molecule is CC(C)(C)OC(=O)Nc1nc2ncc(-c3ccc(C#N)cc3F)nc2s1. The quantitative estimate of drug-likeness (QED) is 0.727. The van der Waals surface area contributed by atoms with Gasteiger partial charge in [0.25, 0.3) is 0 Å². The lowest BCUT2D eigenvalue weighted by Gasteiger charge is -2.18. The van der Waals surface area contributed by atoms with Gasteiger partial charge < -0.3 is 4.74 Å². The summed E-state index contributed by atoms with van der Waals surface area (Å²) in [6, 6.07) is 6.00. The molecule has 0 aliphatic rings. The summed E-state index contributed by atoms with van der Waals surface area (Å²) in [6.45, 7) is 5.27. The molecule has 1 N–H and O–H groups in total. The van der Waals surface area contributed by atoms with Gasteiger partial charge in [0.15, 0.2) is 15.6 Å². The maximum atomic E-state index is 14.2. The summed E-state index contributed by atoms with van der Waals surface area (Å²) in [7, 11) is 0. The number of hydrogen-bond donors (Lipinski definition) is 1. The van der Waals surface area contributed by atoms with Crippen LogP contribution in [0.15, 0.2) is 24.4 Å². The molecule has 7 nitrogen and oxygen atoms in total. The minimum Gasteiger partial charge on any atom is -0.444 e. The minimum absolute atomic E-state index is 0.224. The van der Waals surface area contributed by atoms with Crippen molar-refractivity contribution in [3.05, 3.63) is 35.8 Å². The van der Waals surface area contributed by atoms with Crippen LogP contribution in [0.25, 0.3) is 21.7 Å². The number of benzene rings is 1. The molecule has 3 rings (SSSR count). The Bertz CT molecular complexity index is 1040. The van der Waals surface area contributed by atoms with E-state index in [0.717, 1.165) is 17.4 Å². The number of aromatic nitrogens is 3. The van der Waals surface area contributed by atoms with Crippen molar-refractivity contribution >= 4 is 33.0 Å². The van der Waals surface area contributed by atoms with Gasteiger partial charge in [0.2, 0.25) is 0 Å². The van der Waals surface area contributed by atoms with Crippen LogP contribution in [0.1, 0.15) is 26.3 Å². The summed E-state index contributed by atoms with van der Waals surface area (Å²) in [5.74, 6) is -0.561. The molecule has 2 heterocycles. The zero-order chi connectivity index (χ0) is 18.9. The van der Waals surface area contributed by atoms with Crippen LogP contribution in [0.3, 0.4) is 0 Å². The Kier molecular flexibility index (Phi) is 4.52. The Labute approximate surface area is 152 Å². The molecule has 0 fully saturated rings. The van der Waals surface area contributed by atoms with E-state index in [9.17, 15) is 9.18 Å². The molecule has 3 aromatic rings. The van der Waals surface area contributed by atoms with Gasteiger partial charge in [-0.25, -0.2) is 19.2 Å². The van der Waals surface area contributed by atoms with Gasteiger partial charge in [0.05, 0.1) is 23.5 Å². The molecule has 0 saturated heterocycles. The van der Waals surface area contributed by atoms with Crippen molar-refractivity contribution in [2.24, 2.45) is 0 Å². The molecule has 26 heavy (non-hydrogen) atoms. The maximum absolute atomic E-state index is 14.2. The topological polar surface area (TPSA) is 101 Å². The number of amides is 1. The minimum atomic E-state index is -0.630. The van der Waals surface area contributed by atoms with Gasteiger partial charge in [-0.3, -0.25) is 5.32 Å². The summed E-state index contributed by atoms with van der Waals surface area (Å²) in [5, 5.41) is 11.6. The molecule has 0 atom stereocenters. The van der Waals surface area contributed by atoms with E-state index in [1.807, 2.05) is 6.07 Å². The van der Waals surface area contributed by atoms with Crippen LogP contribution in [0.2, 0.25) is 0 Å². The van der Waals surface area contributed by atoms with Crippen molar-refractivity contribution in [2.45, 2.75) is 26.4 Å². The summed E-state index contributed by atoms with van der Waals surface area (Å²) in [6.07, 6.45) is 0.763. The molecule has 2 aromatic heterocycles. The Hall–Kier alpha value is -3.12. The Morgan fingerprint density at radius 2 is 2.12 bits per heavy atom. The number of rotatable bonds is 2. The highest BCUT2D eigenvalue weighted by Gasteiger charge is 2.18. The van der Waals surface area contributed by atoms with Crippen molar-refractivity contribution in [3.8, 4) is 17.3 Å². The second-order valence-corrected chi connectivity index (χ2v) is 7.31. The van der Waals surface area contributed by atoms with Crippen LogP contribution >= 0.6 is 11.3 Å². The highest BCUT2D eigenvalue weighted by Crippen LogP contribution is 2.27. The van der Waals surface area contributed by atoms with Gasteiger partial charge in [-0.1, -0.05) is 11.3 Å². The van der Waals surface area contributed by atoms with Crippen molar-refractivity contribution in [1.29, 1.82) is 5.26 Å². The van der Waals surface area contributed by atoms with Crippen LogP contribution in [-0.2, 0) is 4.74 Å². The number of carbonyl (C=O) groups excluding carboxylic acids is 1. The molecule has 0 spiro atoms. The highest BCUT2D eigenvalue weighted by molar-refractivity contribution is 7.21. The average Bonchev–Trinajstić information content (AvgIpc) is 2.93. The van der Waals surface area contributed by atoms with E-state index in [4.69, 9.17) is 10.00 Å². The van der Waals surface area contributed by atoms with Crippen molar-refractivity contribution in [3.63, 3.8) is 0 Å². The third kappa shape index (κ3) is 3.92. The van der Waals surface area contributed by atoms with Gasteiger partial charge in [-0.05, 0) is 39.0 Å². The number of ether oxygens (including phenoxy) is 1. The standard InChI is InChI=1S/C17H14FN5O2S/c1-17(2,3)25-16(24)23-15-22-13-14(26-15)21-12(8-20-13)10-5-4-9(7-19)6-11(10)18/h4-6,8H,1-3H3,(H,20,22,23,24). The molecule has 0 aliphatic heterocycles. The molecule has 0 saturated carbocycles. The van der Waals surface area contributed by atoms with Gasteiger partial charge in [-0.2, -0.15) is 10.2 Å². The normalized spacial score (nSPS) is 11.2. The summed E-state index contributed by atoms with van der Waals surface area (Å²) in [4.78, 5) is 24.9. The van der Waals surface area contributed by atoms with E-state index < -0.39 is 17.5 Å². The largest absolute Gasteiger partial charge is 0.444 e. The first-order valence-electron chi connectivity index (χ1n) is 7.59. The first-order chi connectivity index (χ1) is 12.2. The molecule has 1 amide bonds. The van der Waals surface area contributed by atoms with Crippen LogP contribution < -0.4 is 5.32 Å². The van der Waals surface area contributed by atoms with E-state index in [0.29, 0.717) is 16.2 Å². The lowest BCUT2D eigenvalue weighted by molar-refractivity contribution is 0.0636. The molecular weight excluding hydrogens is 357 g/mol. The third-order valence-corrected chi connectivity index (χ3v) is 3.96. The summed E-state index contributed by atoms with van der Waals surface area (Å²) < 4.78 is 19.3. The van der Waals surface area contributed by atoms with E-state index in [2.05, 4.69) is 20.3 Å². The van der Waals surface area contributed by atoms with Gasteiger partial charge in [0, 0.05) is 5.56 Å². The smallest absolute Gasteiger partial charge is 0.413 e. The first kappa shape index (κ1) is 17.7. The molecule has 0 radical (unpaired) electrons. The van der Waals surface area contributed by atoms with Crippen LogP contribution in [0.5, 0.6) is 0 Å². The van der Waals surface area contributed by atoms with E-state index >= 15 is 0 Å². The van der Waals surface area contributed by atoms with E-state index in [1.165, 1.54) is 18.3 Å². The zero-order valence-corrected chi connectivity index (χ0v) is 15.0. The number of carbonyl (C=O) groups is 1. The highest BCUT2D eigenvalue weighted by atomic mass is 32.1. The molecule has 132 valence electrons. The number of thiazole rings is 1. The Morgan fingerprint density at radius 1 is 1.35 bits per heavy atom. The van der Waals surface area contributed by atoms with Gasteiger partial charge in [0.1, 0.15) is 11.4 Å². The molecule has 0 unspecified atom stereocenters. The number of halogens is 1. The summed E-state index contributed by atoms with van der Waals surface area (Å²) >= 11 is 1.10. The van der Waals surface area contributed by atoms with Crippen LogP contribution in [-0.4, -0.2) is 26.6 Å². The number of nitriles is 1.